The van der Waals surface area contributed by atoms with Crippen LogP contribution >= 0.6 is 23.2 Å². The lowest BCUT2D eigenvalue weighted by atomic mass is 10.2. The zero-order chi connectivity index (χ0) is 25.5. The third kappa shape index (κ3) is 6.46. The average Bonchev–Trinajstić information content (AvgIpc) is 2.79. The van der Waals surface area contributed by atoms with Crippen molar-refractivity contribution in [1.82, 2.24) is 5.32 Å². The van der Waals surface area contributed by atoms with E-state index < -0.39 is 35.2 Å². The van der Waals surface area contributed by atoms with Gasteiger partial charge in [-0.2, -0.15) is 0 Å². The number of imide groups is 1. The highest BCUT2D eigenvalue weighted by Crippen LogP contribution is 2.34. The van der Waals surface area contributed by atoms with Crippen LogP contribution in [0, 0.1) is 11.6 Å². The zero-order valence-corrected chi connectivity index (χ0v) is 19.9. The van der Waals surface area contributed by atoms with Gasteiger partial charge < -0.3 is 10.6 Å². The van der Waals surface area contributed by atoms with Crippen LogP contribution in [0.4, 0.5) is 35.4 Å². The number of hydrogen-bond donors (Lipinski definition) is 3. The molecule has 3 N–H and O–H groups in total. The number of carbonyl (C=O) groups is 3. The van der Waals surface area contributed by atoms with E-state index >= 15 is 0 Å². The standard InChI is InChI=1S/C24H20Cl2F2N4O3/c1-2-13-32(21-16(25)5-3-6-17(21)26)24(35)30-15-11-9-14(10-12-15)29-23(34)31-22(33)20-18(27)7-4-8-19(20)28/h3-12H,2,13H2,1H3,(H,30,35)(H2,29,31,33,34). The molecular formula is C24H20Cl2F2N4O3. The molecule has 0 saturated carbocycles. The molecule has 0 fully saturated rings. The van der Waals surface area contributed by atoms with E-state index in [4.69, 9.17) is 23.2 Å². The molecule has 3 aromatic rings. The van der Waals surface area contributed by atoms with Crippen molar-refractivity contribution >= 4 is 58.2 Å². The first-order valence-electron chi connectivity index (χ1n) is 10.4. The van der Waals surface area contributed by atoms with Crippen molar-refractivity contribution in [2.45, 2.75) is 13.3 Å². The Bertz CT molecular complexity index is 1220. The molecule has 182 valence electrons. The van der Waals surface area contributed by atoms with Gasteiger partial charge in [-0.3, -0.25) is 15.0 Å². The van der Waals surface area contributed by atoms with Crippen LogP contribution in [0.25, 0.3) is 0 Å². The van der Waals surface area contributed by atoms with Gasteiger partial charge in [0.25, 0.3) is 5.91 Å². The maximum absolute atomic E-state index is 13.7. The van der Waals surface area contributed by atoms with E-state index in [2.05, 4.69) is 10.6 Å². The molecular weight excluding hydrogens is 501 g/mol. The SMILES string of the molecule is CCCN(C(=O)Nc1ccc(NC(=O)NC(=O)c2c(F)cccc2F)cc1)c1c(Cl)cccc1Cl. The van der Waals surface area contributed by atoms with Gasteiger partial charge in [0, 0.05) is 17.9 Å². The van der Waals surface area contributed by atoms with Crippen LogP contribution in [0.2, 0.25) is 10.0 Å². The van der Waals surface area contributed by atoms with Crippen molar-refractivity contribution in [3.63, 3.8) is 0 Å². The predicted molar refractivity (Wildman–Crippen MR) is 132 cm³/mol. The lowest BCUT2D eigenvalue weighted by molar-refractivity contribution is 0.0959. The van der Waals surface area contributed by atoms with E-state index in [-0.39, 0.29) is 5.69 Å². The lowest BCUT2D eigenvalue weighted by Crippen LogP contribution is -2.36. The molecule has 7 nitrogen and oxygen atoms in total. The lowest BCUT2D eigenvalue weighted by Gasteiger charge is -2.24. The summed E-state index contributed by atoms with van der Waals surface area (Å²) in [6, 6.07) is 12.4. The molecule has 0 aliphatic carbocycles. The van der Waals surface area contributed by atoms with Crippen molar-refractivity contribution in [2.75, 3.05) is 22.1 Å². The molecule has 0 aromatic heterocycles. The maximum atomic E-state index is 13.7. The van der Waals surface area contributed by atoms with Gasteiger partial charge >= 0.3 is 12.1 Å². The number of carbonyl (C=O) groups excluding carboxylic acids is 3. The van der Waals surface area contributed by atoms with E-state index in [9.17, 15) is 23.2 Å². The minimum Gasteiger partial charge on any atom is -0.308 e. The highest BCUT2D eigenvalue weighted by Gasteiger charge is 2.21. The number of halogens is 4. The average molecular weight is 521 g/mol. The third-order valence-corrected chi connectivity index (χ3v) is 5.32. The summed E-state index contributed by atoms with van der Waals surface area (Å²) < 4.78 is 27.4. The predicted octanol–water partition coefficient (Wildman–Crippen LogP) is 6.68. The Kier molecular flexibility index (Phi) is 8.62. The van der Waals surface area contributed by atoms with Crippen LogP contribution in [0.5, 0.6) is 0 Å². The Morgan fingerprint density at radius 1 is 0.829 bits per heavy atom. The summed E-state index contributed by atoms with van der Waals surface area (Å²) in [5.41, 5.74) is 0.202. The van der Waals surface area contributed by atoms with Crippen LogP contribution in [0.1, 0.15) is 23.7 Å². The zero-order valence-electron chi connectivity index (χ0n) is 18.4. The van der Waals surface area contributed by atoms with Crippen molar-refractivity contribution in [3.05, 3.63) is 87.9 Å². The number of nitrogens with one attached hydrogen (secondary N) is 3. The van der Waals surface area contributed by atoms with Crippen molar-refractivity contribution in [1.29, 1.82) is 0 Å². The fraction of sp³-hybridized carbons (Fsp3) is 0.125. The number of benzene rings is 3. The van der Waals surface area contributed by atoms with Crippen LogP contribution in [-0.4, -0.2) is 24.5 Å². The van der Waals surface area contributed by atoms with Crippen LogP contribution in [0.3, 0.4) is 0 Å². The van der Waals surface area contributed by atoms with E-state index in [0.717, 1.165) is 18.2 Å². The summed E-state index contributed by atoms with van der Waals surface area (Å²) in [4.78, 5) is 38.4. The molecule has 11 heteroatoms. The molecule has 0 aliphatic heterocycles. The second kappa shape index (κ2) is 11.6. The van der Waals surface area contributed by atoms with Gasteiger partial charge in [0.05, 0.1) is 15.7 Å². The third-order valence-electron chi connectivity index (χ3n) is 4.71. The molecule has 0 unspecified atom stereocenters. The number of urea groups is 2. The van der Waals surface area contributed by atoms with E-state index in [1.54, 1.807) is 18.2 Å². The summed E-state index contributed by atoms with van der Waals surface area (Å²) >= 11 is 12.5. The minimum atomic E-state index is -1.23. The Morgan fingerprint density at radius 2 is 1.34 bits per heavy atom. The first-order valence-corrected chi connectivity index (χ1v) is 11.2. The van der Waals surface area contributed by atoms with Gasteiger partial charge in [-0.25, -0.2) is 18.4 Å². The molecule has 0 radical (unpaired) electrons. The normalized spacial score (nSPS) is 10.4. The molecule has 0 aliphatic rings. The largest absolute Gasteiger partial charge is 0.326 e. The molecule has 0 atom stereocenters. The van der Waals surface area contributed by atoms with Gasteiger partial charge in [-0.15, -0.1) is 0 Å². The van der Waals surface area contributed by atoms with Gasteiger partial charge in [0.2, 0.25) is 0 Å². The fourth-order valence-electron chi connectivity index (χ4n) is 3.16. The summed E-state index contributed by atoms with van der Waals surface area (Å²) in [6.07, 6.45) is 0.655. The van der Waals surface area contributed by atoms with E-state index in [0.29, 0.717) is 34.4 Å². The van der Waals surface area contributed by atoms with E-state index in [1.165, 1.54) is 29.2 Å². The molecule has 35 heavy (non-hydrogen) atoms. The maximum Gasteiger partial charge on any atom is 0.326 e. The van der Waals surface area contributed by atoms with Crippen LogP contribution < -0.4 is 20.9 Å². The Morgan fingerprint density at radius 3 is 1.89 bits per heavy atom. The number of para-hydroxylation sites is 1. The Hall–Kier alpha value is -3.69. The molecule has 0 heterocycles. The molecule has 3 aromatic carbocycles. The van der Waals surface area contributed by atoms with E-state index in [1.807, 2.05) is 12.2 Å². The summed E-state index contributed by atoms with van der Waals surface area (Å²) in [5, 5.41) is 7.62. The number of anilines is 3. The Labute approximate surface area is 210 Å². The summed E-state index contributed by atoms with van der Waals surface area (Å²) in [5.74, 6) is -3.41. The monoisotopic (exact) mass is 520 g/mol. The fourth-order valence-corrected chi connectivity index (χ4v) is 3.76. The van der Waals surface area contributed by atoms with Crippen LogP contribution in [0.15, 0.2) is 60.7 Å². The van der Waals surface area contributed by atoms with Gasteiger partial charge in [-0.05, 0) is 55.0 Å². The number of nitrogens with zero attached hydrogens (tertiary/aromatic N) is 1. The number of hydrogen-bond acceptors (Lipinski definition) is 3. The van der Waals surface area contributed by atoms with Crippen molar-refractivity contribution in [3.8, 4) is 0 Å². The molecule has 3 rings (SSSR count). The molecule has 0 bridgehead atoms. The number of rotatable bonds is 6. The first-order chi connectivity index (χ1) is 16.7. The second-order valence-electron chi connectivity index (χ2n) is 7.23. The van der Waals surface area contributed by atoms with Crippen molar-refractivity contribution in [2.24, 2.45) is 0 Å². The van der Waals surface area contributed by atoms with Crippen molar-refractivity contribution < 1.29 is 23.2 Å². The first kappa shape index (κ1) is 25.9. The van der Waals surface area contributed by atoms with Gasteiger partial charge in [-0.1, -0.05) is 42.3 Å². The Balaban J connectivity index is 1.64. The quantitative estimate of drug-likeness (QED) is 0.338. The van der Waals surface area contributed by atoms with Gasteiger partial charge in [0.1, 0.15) is 17.2 Å². The summed E-state index contributed by atoms with van der Waals surface area (Å²) in [7, 11) is 0. The van der Waals surface area contributed by atoms with Crippen LogP contribution in [-0.2, 0) is 0 Å². The molecule has 5 amide bonds. The van der Waals surface area contributed by atoms with Gasteiger partial charge in [0.15, 0.2) is 0 Å². The summed E-state index contributed by atoms with van der Waals surface area (Å²) in [6.45, 7) is 2.27. The smallest absolute Gasteiger partial charge is 0.308 e. The highest BCUT2D eigenvalue weighted by atomic mass is 35.5. The molecule has 0 saturated heterocycles. The number of amides is 5. The second-order valence-corrected chi connectivity index (χ2v) is 8.05. The molecule has 0 spiro atoms. The topological polar surface area (TPSA) is 90.5 Å². The highest BCUT2D eigenvalue weighted by molar-refractivity contribution is 6.40. The minimum absolute atomic E-state index is 0.266.